The van der Waals surface area contributed by atoms with Crippen LogP contribution in [0.15, 0.2) is 72.3 Å². The Morgan fingerprint density at radius 3 is 2.62 bits per heavy atom. The van der Waals surface area contributed by atoms with Crippen LogP contribution in [0.1, 0.15) is 25.0 Å². The molecule has 6 aromatic rings. The Hall–Kier alpha value is -5.08. The number of H-pyrrole nitrogens is 1. The van der Waals surface area contributed by atoms with E-state index in [9.17, 15) is 4.79 Å². The molecule has 0 radical (unpaired) electrons. The Morgan fingerprint density at radius 2 is 1.90 bits per heavy atom. The van der Waals surface area contributed by atoms with Crippen LogP contribution in [0.4, 0.5) is 5.82 Å². The number of rotatable bonds is 4. The fourth-order valence-electron chi connectivity index (χ4n) is 5.23. The van der Waals surface area contributed by atoms with Crippen molar-refractivity contribution in [2.75, 3.05) is 11.4 Å². The molecule has 0 bridgehead atoms. The molecule has 1 aliphatic rings. The molecule has 1 aliphatic heterocycles. The highest BCUT2D eigenvalue weighted by Crippen LogP contribution is 2.45. The topological polar surface area (TPSA) is 134 Å². The zero-order valence-electron chi connectivity index (χ0n) is 20.6. The number of hydrogen-bond acceptors (Lipinski definition) is 8. The van der Waals surface area contributed by atoms with E-state index in [0.29, 0.717) is 40.1 Å². The van der Waals surface area contributed by atoms with Crippen LogP contribution < -0.4 is 10.5 Å². The first-order chi connectivity index (χ1) is 19.0. The SMILES string of the molecule is CC1(c2nn3ccc(Cl)c3c(=O)n2-c2ccccc2)CCN1c1ncnc2[nH]cc(-c3cnc(C#N)nc3)c12. The molecule has 1 saturated heterocycles. The van der Waals surface area contributed by atoms with Gasteiger partial charge in [0.1, 0.15) is 34.9 Å². The van der Waals surface area contributed by atoms with Gasteiger partial charge in [0, 0.05) is 42.5 Å². The molecule has 1 atom stereocenters. The van der Waals surface area contributed by atoms with Crippen molar-refractivity contribution in [1.29, 1.82) is 5.26 Å². The average Bonchev–Trinajstić information content (AvgIpc) is 3.57. The predicted octanol–water partition coefficient (Wildman–Crippen LogP) is 3.86. The number of aromatic amines is 1. The third kappa shape index (κ3) is 3.35. The van der Waals surface area contributed by atoms with Crippen molar-refractivity contribution in [2.45, 2.75) is 18.9 Å². The maximum Gasteiger partial charge on any atom is 0.284 e. The molecular weight excluding hydrogens is 516 g/mol. The summed E-state index contributed by atoms with van der Waals surface area (Å²) in [6.45, 7) is 2.74. The first-order valence-electron chi connectivity index (χ1n) is 12.2. The smallest absolute Gasteiger partial charge is 0.284 e. The number of para-hydroxylation sites is 1. The van der Waals surface area contributed by atoms with Gasteiger partial charge in [-0.2, -0.15) is 10.4 Å². The van der Waals surface area contributed by atoms with Crippen molar-refractivity contribution in [3.8, 4) is 22.9 Å². The van der Waals surface area contributed by atoms with Crippen molar-refractivity contribution in [3.05, 3.63) is 94.5 Å². The van der Waals surface area contributed by atoms with Gasteiger partial charge >= 0.3 is 0 Å². The lowest BCUT2D eigenvalue weighted by molar-refractivity contribution is 0.279. The van der Waals surface area contributed by atoms with Crippen LogP contribution in [0, 0.1) is 11.3 Å². The van der Waals surface area contributed by atoms with Crippen molar-refractivity contribution in [3.63, 3.8) is 0 Å². The summed E-state index contributed by atoms with van der Waals surface area (Å²) in [5, 5.41) is 15.2. The molecule has 12 heteroatoms. The minimum absolute atomic E-state index is 0.0934. The third-order valence-electron chi connectivity index (χ3n) is 7.32. The Morgan fingerprint density at radius 1 is 1.10 bits per heavy atom. The molecule has 1 fully saturated rings. The lowest BCUT2D eigenvalue weighted by Crippen LogP contribution is -2.58. The van der Waals surface area contributed by atoms with E-state index in [1.165, 1.54) is 6.33 Å². The number of aromatic nitrogens is 8. The van der Waals surface area contributed by atoms with Gasteiger partial charge in [-0.3, -0.25) is 9.36 Å². The zero-order chi connectivity index (χ0) is 26.7. The van der Waals surface area contributed by atoms with Gasteiger partial charge in [0.05, 0.1) is 16.1 Å². The lowest BCUT2D eigenvalue weighted by Gasteiger charge is -2.51. The van der Waals surface area contributed by atoms with Gasteiger partial charge in [-0.05, 0) is 31.5 Å². The molecule has 1 N–H and O–H groups in total. The van der Waals surface area contributed by atoms with Gasteiger partial charge in [-0.25, -0.2) is 24.5 Å². The van der Waals surface area contributed by atoms with Gasteiger partial charge in [0.2, 0.25) is 5.82 Å². The maximum absolute atomic E-state index is 13.9. The standard InChI is InChI=1S/C27H19ClN10O/c1-27(26-35-37-9-7-19(28)22(37)25(39)38(26)17-5-3-2-4-6-17)8-10-36(27)24-21-18(14-32-23(21)33-15-34-24)16-12-30-20(11-29)31-13-16/h2-7,9,12-15H,8,10H2,1H3,(H,32,33,34). The predicted molar refractivity (Wildman–Crippen MR) is 145 cm³/mol. The Balaban J connectivity index is 1.44. The summed E-state index contributed by atoms with van der Waals surface area (Å²) in [4.78, 5) is 36.6. The number of benzene rings is 1. The Kier molecular flexibility index (Phi) is 5.01. The molecule has 0 amide bonds. The summed E-state index contributed by atoms with van der Waals surface area (Å²) in [5.74, 6) is 1.35. The second kappa shape index (κ2) is 8.47. The van der Waals surface area contributed by atoms with Gasteiger partial charge in [-0.1, -0.05) is 29.8 Å². The van der Waals surface area contributed by atoms with E-state index in [-0.39, 0.29) is 11.4 Å². The van der Waals surface area contributed by atoms with Crippen molar-refractivity contribution >= 4 is 34.0 Å². The molecule has 5 aromatic heterocycles. The van der Waals surface area contributed by atoms with E-state index in [1.807, 2.05) is 42.6 Å². The molecular formula is C27H19ClN10O. The first kappa shape index (κ1) is 23.1. The van der Waals surface area contributed by atoms with E-state index >= 15 is 0 Å². The molecule has 1 aromatic carbocycles. The van der Waals surface area contributed by atoms with Crippen LogP contribution in [-0.2, 0) is 5.54 Å². The molecule has 11 nitrogen and oxygen atoms in total. The molecule has 0 saturated carbocycles. The summed E-state index contributed by atoms with van der Waals surface area (Å²) >= 11 is 6.39. The number of halogens is 1. The van der Waals surface area contributed by atoms with Crippen LogP contribution in [0.3, 0.4) is 0 Å². The highest BCUT2D eigenvalue weighted by atomic mass is 35.5. The summed E-state index contributed by atoms with van der Waals surface area (Å²) in [7, 11) is 0. The maximum atomic E-state index is 13.9. The fourth-order valence-corrected chi connectivity index (χ4v) is 5.46. The minimum atomic E-state index is -0.684. The highest BCUT2D eigenvalue weighted by molar-refractivity contribution is 6.33. The molecule has 1 unspecified atom stereocenters. The monoisotopic (exact) mass is 534 g/mol. The molecule has 6 heterocycles. The number of nitriles is 1. The molecule has 190 valence electrons. The fraction of sp³-hybridized carbons (Fsp3) is 0.148. The quantitative estimate of drug-likeness (QED) is 0.360. The zero-order valence-corrected chi connectivity index (χ0v) is 21.3. The second-order valence-corrected chi connectivity index (χ2v) is 9.87. The van der Waals surface area contributed by atoms with E-state index in [1.54, 1.807) is 33.7 Å². The number of nitrogens with one attached hydrogen (secondary N) is 1. The number of fused-ring (bicyclic) bond motifs is 2. The van der Waals surface area contributed by atoms with Gasteiger partial charge < -0.3 is 9.88 Å². The van der Waals surface area contributed by atoms with Gasteiger partial charge in [0.25, 0.3) is 5.56 Å². The first-order valence-corrected chi connectivity index (χ1v) is 12.6. The van der Waals surface area contributed by atoms with Crippen molar-refractivity contribution < 1.29 is 0 Å². The van der Waals surface area contributed by atoms with Crippen LogP contribution in [-0.4, -0.2) is 45.6 Å². The normalized spacial score (nSPS) is 16.9. The minimum Gasteiger partial charge on any atom is -0.345 e. The summed E-state index contributed by atoms with van der Waals surface area (Å²) in [6.07, 6.45) is 8.99. The highest BCUT2D eigenvalue weighted by Gasteiger charge is 2.48. The van der Waals surface area contributed by atoms with E-state index in [2.05, 4.69) is 31.8 Å². The third-order valence-corrected chi connectivity index (χ3v) is 7.62. The average molecular weight is 535 g/mol. The lowest BCUT2D eigenvalue weighted by atomic mass is 9.84. The van der Waals surface area contributed by atoms with Crippen LogP contribution in [0.5, 0.6) is 0 Å². The van der Waals surface area contributed by atoms with Crippen LogP contribution in [0.2, 0.25) is 5.02 Å². The van der Waals surface area contributed by atoms with Gasteiger partial charge in [-0.15, -0.1) is 0 Å². The number of anilines is 1. The molecule has 7 rings (SSSR count). The number of nitrogens with zero attached hydrogens (tertiary/aromatic N) is 9. The summed E-state index contributed by atoms with van der Waals surface area (Å²) < 4.78 is 3.19. The second-order valence-electron chi connectivity index (χ2n) is 9.46. The summed E-state index contributed by atoms with van der Waals surface area (Å²) in [6, 6.07) is 13.0. The van der Waals surface area contributed by atoms with Gasteiger partial charge in [0.15, 0.2) is 5.82 Å². The van der Waals surface area contributed by atoms with Crippen molar-refractivity contribution in [2.24, 2.45) is 0 Å². The Labute approximate surface area is 226 Å². The number of hydrogen-bond donors (Lipinski definition) is 1. The molecule has 0 aliphatic carbocycles. The van der Waals surface area contributed by atoms with Crippen molar-refractivity contribution in [1.82, 2.24) is 39.1 Å². The van der Waals surface area contributed by atoms with E-state index in [4.69, 9.17) is 26.9 Å². The van der Waals surface area contributed by atoms with E-state index < -0.39 is 5.54 Å². The molecule has 0 spiro atoms. The van der Waals surface area contributed by atoms with E-state index in [0.717, 1.165) is 22.9 Å². The Bertz CT molecular complexity index is 1990. The molecule has 39 heavy (non-hydrogen) atoms. The largest absolute Gasteiger partial charge is 0.345 e. The van der Waals surface area contributed by atoms with Crippen LogP contribution >= 0.6 is 11.6 Å². The summed E-state index contributed by atoms with van der Waals surface area (Å²) in [5.41, 5.74) is 2.26. The van der Waals surface area contributed by atoms with Crippen LogP contribution in [0.25, 0.3) is 33.4 Å².